The molecule has 0 saturated carbocycles. The first kappa shape index (κ1) is 8.49. The van der Waals surface area contributed by atoms with Crippen molar-refractivity contribution in [3.63, 3.8) is 0 Å². The number of pyridine rings is 1. The van der Waals surface area contributed by atoms with Crippen molar-refractivity contribution >= 4 is 21.6 Å². The molecule has 0 unspecified atom stereocenters. The van der Waals surface area contributed by atoms with Crippen LogP contribution in [0.5, 0.6) is 0 Å². The summed E-state index contributed by atoms with van der Waals surface area (Å²) in [7, 11) is 0. The predicted molar refractivity (Wildman–Crippen MR) is 47.1 cm³/mol. The number of nitrogen functional groups attached to an aromatic ring is 1. The van der Waals surface area contributed by atoms with E-state index in [0.29, 0.717) is 12.1 Å². The summed E-state index contributed by atoms with van der Waals surface area (Å²) in [6.45, 7) is 0.0822. The van der Waals surface area contributed by atoms with Gasteiger partial charge in [0.25, 0.3) is 0 Å². The number of nitrogens with zero attached hydrogens (tertiary/aromatic N) is 1. The van der Waals surface area contributed by atoms with Crippen molar-refractivity contribution < 1.29 is 5.11 Å². The first-order valence-corrected chi connectivity index (χ1v) is 4.04. The van der Waals surface area contributed by atoms with E-state index in [1.165, 1.54) is 0 Å². The van der Waals surface area contributed by atoms with E-state index in [-0.39, 0.29) is 6.61 Å². The molecule has 1 aromatic heterocycles. The second kappa shape index (κ2) is 3.69. The lowest BCUT2D eigenvalue weighted by Gasteiger charge is -2.01. The van der Waals surface area contributed by atoms with Gasteiger partial charge in [-0.1, -0.05) is 0 Å². The normalized spacial score (nSPS) is 10.0. The van der Waals surface area contributed by atoms with Gasteiger partial charge in [0.15, 0.2) is 0 Å². The van der Waals surface area contributed by atoms with Gasteiger partial charge in [-0.15, -0.1) is 0 Å². The Morgan fingerprint density at radius 1 is 1.64 bits per heavy atom. The van der Waals surface area contributed by atoms with Gasteiger partial charge in [0.1, 0.15) is 0 Å². The van der Waals surface area contributed by atoms with E-state index >= 15 is 0 Å². The summed E-state index contributed by atoms with van der Waals surface area (Å²) in [5, 5.41) is 8.61. The van der Waals surface area contributed by atoms with Crippen LogP contribution in [-0.4, -0.2) is 16.7 Å². The van der Waals surface area contributed by atoms with Gasteiger partial charge in [-0.25, -0.2) is 0 Å². The zero-order valence-corrected chi connectivity index (χ0v) is 7.50. The van der Waals surface area contributed by atoms with Crippen LogP contribution in [0.25, 0.3) is 0 Å². The molecule has 3 N–H and O–H groups in total. The Hall–Kier alpha value is -0.610. The van der Waals surface area contributed by atoms with Crippen LogP contribution >= 0.6 is 15.9 Å². The Bertz CT molecular complexity index is 252. The van der Waals surface area contributed by atoms with E-state index in [9.17, 15) is 0 Å². The van der Waals surface area contributed by atoms with Crippen molar-refractivity contribution in [3.05, 3.63) is 22.4 Å². The molecule has 4 heteroatoms. The van der Waals surface area contributed by atoms with Crippen LogP contribution in [0.15, 0.2) is 16.7 Å². The standard InChI is InChI=1S/C7H9BrN2O/c8-5-3-6(9)7(1-2-11)10-4-5/h3-4,11H,1-2,9H2. The van der Waals surface area contributed by atoms with E-state index in [4.69, 9.17) is 10.8 Å². The molecule has 1 rings (SSSR count). The summed E-state index contributed by atoms with van der Waals surface area (Å²) < 4.78 is 0.858. The van der Waals surface area contributed by atoms with Gasteiger partial charge in [-0.3, -0.25) is 4.98 Å². The fourth-order valence-corrected chi connectivity index (χ4v) is 1.15. The Balaban J connectivity index is 2.90. The third-order valence-corrected chi connectivity index (χ3v) is 1.75. The molecule has 0 bridgehead atoms. The molecule has 1 aromatic rings. The molecule has 1 heterocycles. The predicted octanol–water partition coefficient (Wildman–Crippen LogP) is 0.961. The average Bonchev–Trinajstić information content (AvgIpc) is 1.95. The molecule has 0 fully saturated rings. The van der Waals surface area contributed by atoms with Crippen molar-refractivity contribution in [3.8, 4) is 0 Å². The van der Waals surface area contributed by atoms with Crippen LogP contribution < -0.4 is 5.73 Å². The summed E-state index contributed by atoms with van der Waals surface area (Å²) in [5.41, 5.74) is 6.97. The molecule has 0 saturated heterocycles. The van der Waals surface area contributed by atoms with E-state index in [0.717, 1.165) is 10.2 Å². The molecular weight excluding hydrogens is 208 g/mol. The number of halogens is 1. The molecule has 0 aliphatic heterocycles. The summed E-state index contributed by atoms with van der Waals surface area (Å²) in [6.07, 6.45) is 2.18. The first-order valence-electron chi connectivity index (χ1n) is 3.25. The molecule has 11 heavy (non-hydrogen) atoms. The van der Waals surface area contributed by atoms with Gasteiger partial charge in [-0.2, -0.15) is 0 Å². The Morgan fingerprint density at radius 2 is 2.36 bits per heavy atom. The molecule has 0 aromatic carbocycles. The van der Waals surface area contributed by atoms with Gasteiger partial charge >= 0.3 is 0 Å². The SMILES string of the molecule is Nc1cc(Br)cnc1CCO. The van der Waals surface area contributed by atoms with Crippen molar-refractivity contribution in [2.75, 3.05) is 12.3 Å². The summed E-state index contributed by atoms with van der Waals surface area (Å²) in [4.78, 5) is 4.04. The molecule has 3 nitrogen and oxygen atoms in total. The second-order valence-electron chi connectivity index (χ2n) is 2.16. The lowest BCUT2D eigenvalue weighted by Crippen LogP contribution is -2.00. The van der Waals surface area contributed by atoms with E-state index < -0.39 is 0 Å². The van der Waals surface area contributed by atoms with Gasteiger partial charge in [0.2, 0.25) is 0 Å². The third-order valence-electron chi connectivity index (χ3n) is 1.32. The van der Waals surface area contributed by atoms with Crippen LogP contribution in [0.1, 0.15) is 5.69 Å². The number of hydrogen-bond acceptors (Lipinski definition) is 3. The molecule has 60 valence electrons. The van der Waals surface area contributed by atoms with Crippen molar-refractivity contribution in [2.24, 2.45) is 0 Å². The van der Waals surface area contributed by atoms with Gasteiger partial charge in [-0.05, 0) is 22.0 Å². The highest BCUT2D eigenvalue weighted by molar-refractivity contribution is 9.10. The molecule has 0 aliphatic rings. The highest BCUT2D eigenvalue weighted by atomic mass is 79.9. The molecule has 0 amide bonds. The Kier molecular flexibility index (Phi) is 2.84. The number of aliphatic hydroxyl groups excluding tert-OH is 1. The largest absolute Gasteiger partial charge is 0.397 e. The highest BCUT2D eigenvalue weighted by Crippen LogP contribution is 2.15. The minimum atomic E-state index is 0.0822. The maximum absolute atomic E-state index is 8.61. The topological polar surface area (TPSA) is 59.1 Å². The zero-order valence-electron chi connectivity index (χ0n) is 5.92. The van der Waals surface area contributed by atoms with Gasteiger partial charge in [0, 0.05) is 23.7 Å². The monoisotopic (exact) mass is 216 g/mol. The van der Waals surface area contributed by atoms with E-state index in [1.54, 1.807) is 12.3 Å². The minimum absolute atomic E-state index is 0.0822. The summed E-state index contributed by atoms with van der Waals surface area (Å²) in [6, 6.07) is 1.78. The van der Waals surface area contributed by atoms with Crippen molar-refractivity contribution in [2.45, 2.75) is 6.42 Å². The van der Waals surface area contributed by atoms with Crippen LogP contribution in [-0.2, 0) is 6.42 Å². The van der Waals surface area contributed by atoms with Crippen molar-refractivity contribution in [1.29, 1.82) is 0 Å². The molecule has 0 aliphatic carbocycles. The molecular formula is C7H9BrN2O. The maximum Gasteiger partial charge on any atom is 0.0656 e. The molecule has 0 spiro atoms. The Labute approximate surface area is 73.4 Å². The number of hydrogen-bond donors (Lipinski definition) is 2. The van der Waals surface area contributed by atoms with Gasteiger partial charge in [0.05, 0.1) is 11.4 Å². The van der Waals surface area contributed by atoms with Crippen LogP contribution in [0.2, 0.25) is 0 Å². The Morgan fingerprint density at radius 3 is 2.91 bits per heavy atom. The van der Waals surface area contributed by atoms with Crippen LogP contribution in [0, 0.1) is 0 Å². The molecule has 0 atom stereocenters. The third kappa shape index (κ3) is 2.17. The number of aliphatic hydroxyl groups is 1. The number of nitrogens with two attached hydrogens (primary N) is 1. The lowest BCUT2D eigenvalue weighted by atomic mass is 10.2. The number of anilines is 1. The smallest absolute Gasteiger partial charge is 0.0656 e. The average molecular weight is 217 g/mol. The van der Waals surface area contributed by atoms with E-state index in [1.807, 2.05) is 0 Å². The lowest BCUT2D eigenvalue weighted by molar-refractivity contribution is 0.298. The fourth-order valence-electron chi connectivity index (χ4n) is 0.798. The number of rotatable bonds is 2. The molecule has 0 radical (unpaired) electrons. The van der Waals surface area contributed by atoms with E-state index in [2.05, 4.69) is 20.9 Å². The van der Waals surface area contributed by atoms with Crippen LogP contribution in [0.3, 0.4) is 0 Å². The van der Waals surface area contributed by atoms with Crippen molar-refractivity contribution in [1.82, 2.24) is 4.98 Å². The minimum Gasteiger partial charge on any atom is -0.397 e. The quantitative estimate of drug-likeness (QED) is 0.775. The first-order chi connectivity index (χ1) is 5.24. The van der Waals surface area contributed by atoms with Gasteiger partial charge < -0.3 is 10.8 Å². The fraction of sp³-hybridized carbons (Fsp3) is 0.286. The number of aromatic nitrogens is 1. The van der Waals surface area contributed by atoms with Crippen LogP contribution in [0.4, 0.5) is 5.69 Å². The second-order valence-corrected chi connectivity index (χ2v) is 3.08. The maximum atomic E-state index is 8.61. The summed E-state index contributed by atoms with van der Waals surface area (Å²) >= 11 is 3.24. The zero-order chi connectivity index (χ0) is 8.27. The highest BCUT2D eigenvalue weighted by Gasteiger charge is 1.99. The summed E-state index contributed by atoms with van der Waals surface area (Å²) in [5.74, 6) is 0.